The van der Waals surface area contributed by atoms with Crippen molar-refractivity contribution in [2.24, 2.45) is 0 Å². The van der Waals surface area contributed by atoms with Crippen LogP contribution in [0, 0.1) is 5.82 Å². The van der Waals surface area contributed by atoms with E-state index in [4.69, 9.17) is 0 Å². The van der Waals surface area contributed by atoms with Gasteiger partial charge in [-0.3, -0.25) is 9.88 Å². The number of sulfonamides is 1. The molecule has 110 valence electrons. The number of nitrogens with one attached hydrogen (secondary N) is 1. The van der Waals surface area contributed by atoms with E-state index in [1.807, 2.05) is 0 Å². The molecule has 2 fully saturated rings. The van der Waals surface area contributed by atoms with E-state index in [2.05, 4.69) is 15.2 Å². The molecule has 0 radical (unpaired) electrons. The molecule has 3 rings (SSSR count). The van der Waals surface area contributed by atoms with Gasteiger partial charge in [-0.2, -0.15) is 4.31 Å². The number of aromatic nitrogens is 1. The van der Waals surface area contributed by atoms with Gasteiger partial charge in [-0.1, -0.05) is 0 Å². The monoisotopic (exact) mass is 300 g/mol. The Morgan fingerprint density at radius 3 is 2.45 bits per heavy atom. The van der Waals surface area contributed by atoms with Crippen molar-refractivity contribution in [2.75, 3.05) is 39.3 Å². The van der Waals surface area contributed by atoms with Gasteiger partial charge in [0.15, 0.2) is 0 Å². The van der Waals surface area contributed by atoms with Crippen LogP contribution in [0.4, 0.5) is 4.39 Å². The van der Waals surface area contributed by atoms with Crippen molar-refractivity contribution < 1.29 is 12.8 Å². The number of hydrogen-bond donors (Lipinski definition) is 1. The van der Waals surface area contributed by atoms with Crippen molar-refractivity contribution in [1.82, 2.24) is 19.5 Å². The highest BCUT2D eigenvalue weighted by molar-refractivity contribution is 7.89. The van der Waals surface area contributed by atoms with Crippen LogP contribution in [0.1, 0.15) is 0 Å². The second-order valence-corrected chi connectivity index (χ2v) is 7.03. The van der Waals surface area contributed by atoms with Crippen molar-refractivity contribution in [3.63, 3.8) is 0 Å². The number of rotatable bonds is 3. The van der Waals surface area contributed by atoms with Crippen molar-refractivity contribution in [2.45, 2.75) is 10.9 Å². The summed E-state index contributed by atoms with van der Waals surface area (Å²) < 4.78 is 39.3. The van der Waals surface area contributed by atoms with Crippen LogP contribution in [0.2, 0.25) is 0 Å². The first-order chi connectivity index (χ1) is 9.57. The molecule has 2 aliphatic rings. The first kappa shape index (κ1) is 13.9. The second-order valence-electron chi connectivity index (χ2n) is 5.09. The molecule has 0 unspecified atom stereocenters. The topological polar surface area (TPSA) is 65.5 Å². The standard InChI is InChI=1S/C12H17FN4O2S/c13-10-5-12(9-14-6-10)20(18,19)17-3-1-16(2-4-17)11-7-15-8-11/h5-6,9,11,15H,1-4,7-8H2. The quantitative estimate of drug-likeness (QED) is 0.815. The number of piperazine rings is 1. The Hall–Kier alpha value is -1.09. The Balaban J connectivity index is 1.70. The van der Waals surface area contributed by atoms with Gasteiger partial charge in [0.25, 0.3) is 0 Å². The largest absolute Gasteiger partial charge is 0.314 e. The number of hydrogen-bond acceptors (Lipinski definition) is 5. The smallest absolute Gasteiger partial charge is 0.244 e. The maximum atomic E-state index is 13.1. The molecule has 0 aliphatic carbocycles. The average Bonchev–Trinajstić information content (AvgIpc) is 2.37. The van der Waals surface area contributed by atoms with E-state index in [9.17, 15) is 12.8 Å². The predicted molar refractivity (Wildman–Crippen MR) is 71.2 cm³/mol. The van der Waals surface area contributed by atoms with Gasteiger partial charge in [0, 0.05) is 51.5 Å². The van der Waals surface area contributed by atoms with Crippen molar-refractivity contribution in [3.05, 3.63) is 24.3 Å². The van der Waals surface area contributed by atoms with Gasteiger partial charge >= 0.3 is 0 Å². The van der Waals surface area contributed by atoms with Crippen molar-refractivity contribution in [3.8, 4) is 0 Å². The number of halogens is 1. The molecule has 0 spiro atoms. The highest BCUT2D eigenvalue weighted by Gasteiger charge is 2.33. The summed E-state index contributed by atoms with van der Waals surface area (Å²) in [5.74, 6) is -0.634. The van der Waals surface area contributed by atoms with Gasteiger partial charge < -0.3 is 5.32 Å². The normalized spacial score (nSPS) is 22.6. The molecule has 0 atom stereocenters. The van der Waals surface area contributed by atoms with Gasteiger partial charge in [0.1, 0.15) is 10.7 Å². The molecule has 1 aromatic rings. The highest BCUT2D eigenvalue weighted by atomic mass is 32.2. The molecule has 2 aliphatic heterocycles. The number of pyridine rings is 1. The Kier molecular flexibility index (Phi) is 3.72. The van der Waals surface area contributed by atoms with E-state index in [-0.39, 0.29) is 4.90 Å². The third-order valence-electron chi connectivity index (χ3n) is 3.87. The minimum atomic E-state index is -3.63. The minimum absolute atomic E-state index is 0.0729. The van der Waals surface area contributed by atoms with Gasteiger partial charge in [-0.25, -0.2) is 12.8 Å². The third-order valence-corrected chi connectivity index (χ3v) is 5.73. The Labute approximate surface area is 117 Å². The summed E-state index contributed by atoms with van der Waals surface area (Å²) in [6.45, 7) is 4.26. The zero-order valence-corrected chi connectivity index (χ0v) is 11.8. The van der Waals surface area contributed by atoms with Crippen LogP contribution in [0.15, 0.2) is 23.4 Å². The van der Waals surface area contributed by atoms with Gasteiger partial charge in [-0.15, -0.1) is 0 Å². The van der Waals surface area contributed by atoms with Crippen LogP contribution in [-0.4, -0.2) is 67.9 Å². The molecule has 2 saturated heterocycles. The summed E-state index contributed by atoms with van der Waals surface area (Å²) in [5.41, 5.74) is 0. The molecular weight excluding hydrogens is 283 g/mol. The molecule has 0 bridgehead atoms. The average molecular weight is 300 g/mol. The fourth-order valence-corrected chi connectivity index (χ4v) is 3.92. The lowest BCUT2D eigenvalue weighted by molar-refractivity contribution is 0.103. The summed E-state index contributed by atoms with van der Waals surface area (Å²) in [7, 11) is -3.63. The van der Waals surface area contributed by atoms with E-state index >= 15 is 0 Å². The maximum Gasteiger partial charge on any atom is 0.244 e. The molecule has 0 amide bonds. The lowest BCUT2D eigenvalue weighted by Gasteiger charge is -2.42. The molecule has 1 aromatic heterocycles. The van der Waals surface area contributed by atoms with Crippen LogP contribution in [0.3, 0.4) is 0 Å². The van der Waals surface area contributed by atoms with E-state index in [0.717, 1.165) is 25.4 Å². The Bertz CT molecular complexity index is 583. The lowest BCUT2D eigenvalue weighted by Crippen LogP contribution is -2.62. The first-order valence-electron chi connectivity index (χ1n) is 6.63. The van der Waals surface area contributed by atoms with E-state index < -0.39 is 15.8 Å². The molecule has 3 heterocycles. The predicted octanol–water partition coefficient (Wildman–Crippen LogP) is -0.501. The molecule has 8 heteroatoms. The molecule has 0 saturated carbocycles. The van der Waals surface area contributed by atoms with E-state index in [0.29, 0.717) is 32.2 Å². The summed E-state index contributed by atoms with van der Waals surface area (Å²) >= 11 is 0. The van der Waals surface area contributed by atoms with Gasteiger partial charge in [0.05, 0.1) is 6.20 Å². The minimum Gasteiger partial charge on any atom is -0.314 e. The van der Waals surface area contributed by atoms with E-state index in [1.165, 1.54) is 10.5 Å². The molecule has 6 nitrogen and oxygen atoms in total. The summed E-state index contributed by atoms with van der Waals surface area (Å²) in [5, 5.41) is 3.21. The summed E-state index contributed by atoms with van der Waals surface area (Å²) in [4.78, 5) is 5.84. The molecular formula is C12H17FN4O2S. The SMILES string of the molecule is O=S(=O)(c1cncc(F)c1)N1CCN(C2CNC2)CC1. The zero-order valence-electron chi connectivity index (χ0n) is 11.0. The third kappa shape index (κ3) is 2.56. The lowest BCUT2D eigenvalue weighted by atomic mass is 10.1. The van der Waals surface area contributed by atoms with Crippen LogP contribution in [0.5, 0.6) is 0 Å². The van der Waals surface area contributed by atoms with Gasteiger partial charge in [-0.05, 0) is 6.07 Å². The van der Waals surface area contributed by atoms with E-state index in [1.54, 1.807) is 0 Å². The van der Waals surface area contributed by atoms with Crippen LogP contribution in [-0.2, 0) is 10.0 Å². The zero-order chi connectivity index (χ0) is 14.2. The molecule has 1 N–H and O–H groups in total. The molecule has 0 aromatic carbocycles. The highest BCUT2D eigenvalue weighted by Crippen LogP contribution is 2.18. The van der Waals surface area contributed by atoms with Crippen LogP contribution >= 0.6 is 0 Å². The summed E-state index contributed by atoms with van der Waals surface area (Å²) in [6, 6.07) is 1.54. The first-order valence-corrected chi connectivity index (χ1v) is 8.07. The van der Waals surface area contributed by atoms with Crippen LogP contribution < -0.4 is 5.32 Å². The molecule has 20 heavy (non-hydrogen) atoms. The van der Waals surface area contributed by atoms with Crippen LogP contribution in [0.25, 0.3) is 0 Å². The fourth-order valence-electron chi connectivity index (χ4n) is 2.52. The Morgan fingerprint density at radius 1 is 1.20 bits per heavy atom. The number of nitrogens with zero attached hydrogens (tertiary/aromatic N) is 3. The second kappa shape index (κ2) is 5.36. The van der Waals surface area contributed by atoms with Crippen molar-refractivity contribution >= 4 is 10.0 Å². The van der Waals surface area contributed by atoms with Gasteiger partial charge in [0.2, 0.25) is 10.0 Å². The maximum absolute atomic E-state index is 13.1. The van der Waals surface area contributed by atoms with Crippen molar-refractivity contribution in [1.29, 1.82) is 0 Å². The fraction of sp³-hybridized carbons (Fsp3) is 0.583. The Morgan fingerprint density at radius 2 is 1.90 bits per heavy atom. The summed E-state index contributed by atoms with van der Waals surface area (Å²) in [6.07, 6.45) is 2.20.